The Morgan fingerprint density at radius 2 is 1.88 bits per heavy atom. The van der Waals surface area contributed by atoms with Gasteiger partial charge in [-0.15, -0.1) is 22.7 Å². The van der Waals surface area contributed by atoms with Gasteiger partial charge in [0.15, 0.2) is 0 Å². The van der Waals surface area contributed by atoms with E-state index in [-0.39, 0.29) is 11.5 Å². The molecular weight excluding hydrogens is 466 g/mol. The number of nitrogens with one attached hydrogen (secondary N) is 1. The lowest BCUT2D eigenvalue weighted by atomic mass is 10.0. The molecule has 0 saturated heterocycles. The number of nitrogens with zero attached hydrogens (tertiary/aromatic N) is 1. The minimum Gasteiger partial charge on any atom is -0.465 e. The van der Waals surface area contributed by atoms with Gasteiger partial charge in [0.1, 0.15) is 20.3 Å². The van der Waals surface area contributed by atoms with Crippen LogP contribution in [0.3, 0.4) is 0 Å². The van der Waals surface area contributed by atoms with Crippen molar-refractivity contribution in [2.24, 2.45) is 0 Å². The van der Waals surface area contributed by atoms with Crippen LogP contribution >= 0.6 is 34.3 Å². The highest BCUT2D eigenvalue weighted by Gasteiger charge is 2.25. The summed E-state index contributed by atoms with van der Waals surface area (Å²) in [5.41, 5.74) is 9.30. The molecule has 0 unspecified atom stereocenters. The number of nitrogens with two attached hydrogens (primary N) is 1. The average Bonchev–Trinajstić information content (AvgIpc) is 3.34. The first-order valence-corrected chi connectivity index (χ1v) is 11.8. The maximum absolute atomic E-state index is 13.1. The SMILES string of the molecule is COC(=O)c1c(-c2ccc(Cl)cc2)csc1NC(=O)c1sc2nc(C(C)C)ccc2c1N. The molecule has 0 bridgehead atoms. The Kier molecular flexibility index (Phi) is 6.19. The van der Waals surface area contributed by atoms with Gasteiger partial charge in [-0.3, -0.25) is 4.79 Å². The molecule has 0 radical (unpaired) electrons. The van der Waals surface area contributed by atoms with Gasteiger partial charge < -0.3 is 15.8 Å². The second-order valence-electron chi connectivity index (χ2n) is 7.39. The fourth-order valence-corrected chi connectivity index (χ4v) is 5.33. The minimum absolute atomic E-state index is 0.264. The summed E-state index contributed by atoms with van der Waals surface area (Å²) in [6.45, 7) is 4.12. The molecule has 32 heavy (non-hydrogen) atoms. The molecule has 0 aliphatic heterocycles. The van der Waals surface area contributed by atoms with Crippen molar-refractivity contribution in [2.75, 3.05) is 18.2 Å². The smallest absolute Gasteiger partial charge is 0.341 e. The predicted molar refractivity (Wildman–Crippen MR) is 132 cm³/mol. The van der Waals surface area contributed by atoms with E-state index in [4.69, 9.17) is 22.1 Å². The molecule has 1 aromatic carbocycles. The van der Waals surface area contributed by atoms with E-state index in [1.807, 2.05) is 24.3 Å². The van der Waals surface area contributed by atoms with Gasteiger partial charge in [0.25, 0.3) is 5.91 Å². The number of fused-ring (bicyclic) bond motifs is 1. The Balaban J connectivity index is 1.71. The first-order chi connectivity index (χ1) is 15.3. The van der Waals surface area contributed by atoms with Crippen molar-refractivity contribution < 1.29 is 14.3 Å². The van der Waals surface area contributed by atoms with Crippen molar-refractivity contribution in [3.8, 4) is 11.1 Å². The maximum Gasteiger partial charge on any atom is 0.341 e. The van der Waals surface area contributed by atoms with Crippen LogP contribution in [0.2, 0.25) is 5.02 Å². The summed E-state index contributed by atoms with van der Waals surface area (Å²) < 4.78 is 4.97. The van der Waals surface area contributed by atoms with Crippen molar-refractivity contribution in [3.05, 3.63) is 62.9 Å². The summed E-state index contributed by atoms with van der Waals surface area (Å²) in [5.74, 6) is -0.676. The Bertz CT molecular complexity index is 1330. The van der Waals surface area contributed by atoms with Crippen LogP contribution in [0, 0.1) is 0 Å². The number of anilines is 2. The fourth-order valence-electron chi connectivity index (χ4n) is 3.26. The van der Waals surface area contributed by atoms with Crippen molar-refractivity contribution in [1.29, 1.82) is 0 Å². The molecule has 164 valence electrons. The molecule has 0 fully saturated rings. The van der Waals surface area contributed by atoms with Gasteiger partial charge in [-0.25, -0.2) is 9.78 Å². The average molecular weight is 486 g/mol. The number of ether oxygens (including phenoxy) is 1. The van der Waals surface area contributed by atoms with Crippen molar-refractivity contribution >= 4 is 67.1 Å². The zero-order valence-electron chi connectivity index (χ0n) is 17.6. The standard InChI is InChI=1S/C23H20ClN3O3S2/c1-11(2)16-9-8-14-18(25)19(32-21(14)26-16)20(28)27-22-17(23(29)30-3)15(10-31-22)12-4-6-13(24)7-5-12/h4-11H,25H2,1-3H3,(H,27,28). The lowest BCUT2D eigenvalue weighted by Crippen LogP contribution is -2.14. The van der Waals surface area contributed by atoms with Gasteiger partial charge in [-0.1, -0.05) is 37.6 Å². The Hall–Kier alpha value is -2.94. The molecule has 6 nitrogen and oxygen atoms in total. The number of esters is 1. The number of hydrogen-bond donors (Lipinski definition) is 2. The van der Waals surface area contributed by atoms with E-state index in [2.05, 4.69) is 24.1 Å². The maximum atomic E-state index is 13.1. The molecular formula is C23H20ClN3O3S2. The highest BCUT2D eigenvalue weighted by Crippen LogP contribution is 2.38. The van der Waals surface area contributed by atoms with E-state index in [9.17, 15) is 9.59 Å². The molecule has 0 spiro atoms. The number of rotatable bonds is 5. The highest BCUT2D eigenvalue weighted by molar-refractivity contribution is 7.21. The quantitative estimate of drug-likeness (QED) is 0.318. The number of benzene rings is 1. The Morgan fingerprint density at radius 3 is 2.53 bits per heavy atom. The summed E-state index contributed by atoms with van der Waals surface area (Å²) >= 11 is 8.46. The van der Waals surface area contributed by atoms with Crippen molar-refractivity contribution in [1.82, 2.24) is 4.98 Å². The van der Waals surface area contributed by atoms with Crippen LogP contribution in [-0.2, 0) is 4.74 Å². The number of hydrogen-bond acceptors (Lipinski definition) is 7. The first-order valence-electron chi connectivity index (χ1n) is 9.76. The topological polar surface area (TPSA) is 94.3 Å². The number of nitrogen functional groups attached to an aromatic ring is 1. The lowest BCUT2D eigenvalue weighted by Gasteiger charge is -2.07. The van der Waals surface area contributed by atoms with Crippen LogP contribution in [0.25, 0.3) is 21.3 Å². The zero-order chi connectivity index (χ0) is 23.0. The van der Waals surface area contributed by atoms with E-state index in [1.165, 1.54) is 29.8 Å². The summed E-state index contributed by atoms with van der Waals surface area (Å²) in [6, 6.07) is 10.9. The highest BCUT2D eigenvalue weighted by atomic mass is 35.5. The normalized spacial score (nSPS) is 11.2. The number of thiophene rings is 2. The largest absolute Gasteiger partial charge is 0.465 e. The Morgan fingerprint density at radius 1 is 1.16 bits per heavy atom. The van der Waals surface area contributed by atoms with Crippen molar-refractivity contribution in [2.45, 2.75) is 19.8 Å². The third-order valence-electron chi connectivity index (χ3n) is 4.98. The summed E-state index contributed by atoms with van der Waals surface area (Å²) in [6.07, 6.45) is 0. The van der Waals surface area contributed by atoms with Gasteiger partial charge in [0.2, 0.25) is 0 Å². The van der Waals surface area contributed by atoms with Crippen LogP contribution in [-0.4, -0.2) is 24.0 Å². The van der Waals surface area contributed by atoms with E-state index < -0.39 is 11.9 Å². The molecule has 9 heteroatoms. The third kappa shape index (κ3) is 4.09. The van der Waals surface area contributed by atoms with E-state index in [0.29, 0.717) is 31.0 Å². The van der Waals surface area contributed by atoms with Crippen LogP contribution in [0.5, 0.6) is 0 Å². The van der Waals surface area contributed by atoms with E-state index in [1.54, 1.807) is 17.5 Å². The molecule has 0 aliphatic carbocycles. The number of pyridine rings is 1. The molecule has 0 saturated carbocycles. The summed E-state index contributed by atoms with van der Waals surface area (Å²) in [5, 5.41) is 6.36. The molecule has 3 N–H and O–H groups in total. The second kappa shape index (κ2) is 8.90. The van der Waals surface area contributed by atoms with Crippen LogP contribution in [0.4, 0.5) is 10.7 Å². The molecule has 0 aliphatic rings. The van der Waals surface area contributed by atoms with Gasteiger partial charge in [0, 0.05) is 27.0 Å². The number of amides is 1. The van der Waals surface area contributed by atoms with Crippen LogP contribution in [0.15, 0.2) is 41.8 Å². The number of carbonyl (C=O) groups excluding carboxylic acids is 2. The number of methoxy groups -OCH3 is 1. The number of carbonyl (C=O) groups is 2. The summed E-state index contributed by atoms with van der Waals surface area (Å²) in [4.78, 5) is 31.4. The number of halogens is 1. The molecule has 4 aromatic rings. The molecule has 0 atom stereocenters. The monoisotopic (exact) mass is 485 g/mol. The second-order valence-corrected chi connectivity index (χ2v) is 9.71. The lowest BCUT2D eigenvalue weighted by molar-refractivity contribution is 0.0603. The van der Waals surface area contributed by atoms with Crippen LogP contribution < -0.4 is 11.1 Å². The molecule has 1 amide bonds. The molecule has 3 aromatic heterocycles. The van der Waals surface area contributed by atoms with Crippen LogP contribution in [0.1, 0.15) is 45.5 Å². The first kappa shape index (κ1) is 22.3. The third-order valence-corrected chi connectivity index (χ3v) is 7.24. The van der Waals surface area contributed by atoms with E-state index >= 15 is 0 Å². The zero-order valence-corrected chi connectivity index (χ0v) is 20.0. The predicted octanol–water partition coefficient (Wildman–Crippen LogP) is 6.42. The molecule has 4 rings (SSSR count). The van der Waals surface area contributed by atoms with E-state index in [0.717, 1.165) is 16.6 Å². The van der Waals surface area contributed by atoms with Gasteiger partial charge in [-0.2, -0.15) is 0 Å². The molecule has 3 heterocycles. The van der Waals surface area contributed by atoms with Gasteiger partial charge in [0.05, 0.1) is 12.8 Å². The van der Waals surface area contributed by atoms with Gasteiger partial charge >= 0.3 is 5.97 Å². The minimum atomic E-state index is -0.543. The fraction of sp³-hybridized carbons (Fsp3) is 0.174. The summed E-state index contributed by atoms with van der Waals surface area (Å²) in [7, 11) is 1.30. The van der Waals surface area contributed by atoms with Crippen molar-refractivity contribution in [3.63, 3.8) is 0 Å². The Labute approximate surface area is 198 Å². The van der Waals surface area contributed by atoms with Gasteiger partial charge in [-0.05, 0) is 35.7 Å². The number of aromatic nitrogens is 1.